The van der Waals surface area contributed by atoms with Crippen LogP contribution in [0.4, 0.5) is 0 Å². The molecule has 0 aliphatic heterocycles. The van der Waals surface area contributed by atoms with Crippen LogP contribution in [0.15, 0.2) is 12.2 Å². The van der Waals surface area contributed by atoms with E-state index >= 15 is 0 Å². The fourth-order valence-electron chi connectivity index (χ4n) is 0.866. The summed E-state index contributed by atoms with van der Waals surface area (Å²) in [6, 6.07) is 0. The van der Waals surface area contributed by atoms with Gasteiger partial charge in [-0.2, -0.15) is 0 Å². The average molecular weight is 247 g/mol. The number of carboxylic acids is 1. The Morgan fingerprint density at radius 2 is 1.46 bits per heavy atom. The van der Waals surface area contributed by atoms with Crippen molar-refractivity contribution in [1.82, 2.24) is 0 Å². The molecule has 0 unspecified atom stereocenters. The molecule has 0 aromatic rings. The fourth-order valence-corrected chi connectivity index (χ4v) is 4.50. The van der Waals surface area contributed by atoms with Gasteiger partial charge >= 0.3 is 56.8 Å². The molecule has 0 spiro atoms. The molecule has 0 aliphatic carbocycles. The zero-order valence-electron chi connectivity index (χ0n) is 9.26. The summed E-state index contributed by atoms with van der Waals surface area (Å²) in [5.41, 5.74) is 0.176. The van der Waals surface area contributed by atoms with E-state index in [9.17, 15) is 4.79 Å². The van der Waals surface area contributed by atoms with E-state index < -0.39 is 20.3 Å². The van der Waals surface area contributed by atoms with Crippen molar-refractivity contribution < 1.29 is 9.90 Å². The molecule has 0 atom stereocenters. The Kier molecular flexibility index (Phi) is 11.5. The third-order valence-electron chi connectivity index (χ3n) is 2.10. The van der Waals surface area contributed by atoms with E-state index in [1.54, 1.807) is 15.8 Å². The molecular formula is C10H22GeO2. The second-order valence-corrected chi connectivity index (χ2v) is 11.9. The average Bonchev–Trinajstić information content (AvgIpc) is 2.08. The van der Waals surface area contributed by atoms with Crippen LogP contribution in [-0.2, 0) is 4.79 Å². The molecule has 0 aromatic heterocycles. The van der Waals surface area contributed by atoms with Crippen molar-refractivity contribution in [3.05, 3.63) is 12.2 Å². The van der Waals surface area contributed by atoms with Crippen LogP contribution in [0.25, 0.3) is 0 Å². The van der Waals surface area contributed by atoms with Gasteiger partial charge < -0.3 is 5.11 Å². The Bertz CT molecular complexity index is 133. The summed E-state index contributed by atoms with van der Waals surface area (Å²) in [5.74, 6) is -0.935. The van der Waals surface area contributed by atoms with E-state index in [4.69, 9.17) is 5.11 Å². The van der Waals surface area contributed by atoms with Crippen molar-refractivity contribution in [2.24, 2.45) is 0 Å². The van der Waals surface area contributed by atoms with E-state index in [1.165, 1.54) is 6.92 Å². The first kappa shape index (κ1) is 15.2. The summed E-state index contributed by atoms with van der Waals surface area (Å²) in [4.78, 5) is 9.60. The van der Waals surface area contributed by atoms with Crippen LogP contribution >= 0.6 is 0 Å². The molecule has 0 amide bonds. The standard InChI is InChI=1S/C6H16Ge.C4H6O2/c1-4-7(5-2)6-3;1-3(2)4(5)6/h7H,4-6H2,1-3H3;1H2,2H3,(H,5,6). The first-order valence-corrected chi connectivity index (χ1v) is 10.0. The van der Waals surface area contributed by atoms with Gasteiger partial charge in [0.15, 0.2) is 0 Å². The second kappa shape index (κ2) is 9.84. The second-order valence-electron chi connectivity index (χ2n) is 3.18. The van der Waals surface area contributed by atoms with Crippen LogP contribution in [0, 0.1) is 0 Å². The Morgan fingerprint density at radius 1 is 1.23 bits per heavy atom. The van der Waals surface area contributed by atoms with Crippen molar-refractivity contribution in [1.29, 1.82) is 0 Å². The van der Waals surface area contributed by atoms with Gasteiger partial charge in [0.25, 0.3) is 0 Å². The van der Waals surface area contributed by atoms with Crippen molar-refractivity contribution in [3.63, 3.8) is 0 Å². The van der Waals surface area contributed by atoms with Gasteiger partial charge in [-0.3, -0.25) is 0 Å². The molecule has 13 heavy (non-hydrogen) atoms. The van der Waals surface area contributed by atoms with Crippen molar-refractivity contribution in [3.8, 4) is 0 Å². The molecule has 0 rings (SSSR count). The molecular weight excluding hydrogens is 225 g/mol. The van der Waals surface area contributed by atoms with Crippen LogP contribution in [-0.4, -0.2) is 25.4 Å². The van der Waals surface area contributed by atoms with Crippen LogP contribution < -0.4 is 0 Å². The quantitative estimate of drug-likeness (QED) is 0.612. The monoisotopic (exact) mass is 248 g/mol. The predicted molar refractivity (Wildman–Crippen MR) is 61.0 cm³/mol. The Morgan fingerprint density at radius 3 is 1.46 bits per heavy atom. The SMILES string of the molecule is C=C(C)C(=O)O.C[CH2][GeH]([CH2]C)[CH2]C. The number of carboxylic acid groups (broad SMARTS) is 1. The van der Waals surface area contributed by atoms with Gasteiger partial charge in [0.1, 0.15) is 0 Å². The van der Waals surface area contributed by atoms with E-state index in [0.717, 1.165) is 0 Å². The first-order valence-electron chi connectivity index (χ1n) is 4.88. The van der Waals surface area contributed by atoms with Crippen LogP contribution in [0.1, 0.15) is 27.7 Å². The molecule has 0 aliphatic rings. The molecule has 3 heteroatoms. The van der Waals surface area contributed by atoms with Crippen molar-refractivity contribution in [2.45, 2.75) is 43.5 Å². The van der Waals surface area contributed by atoms with Crippen molar-refractivity contribution >= 4 is 20.3 Å². The van der Waals surface area contributed by atoms with Gasteiger partial charge in [0.2, 0.25) is 0 Å². The van der Waals surface area contributed by atoms with Gasteiger partial charge in [0.05, 0.1) is 0 Å². The summed E-state index contributed by atoms with van der Waals surface area (Å²) < 4.78 is 0. The summed E-state index contributed by atoms with van der Waals surface area (Å²) in [5, 5.41) is 12.5. The van der Waals surface area contributed by atoms with Gasteiger partial charge in [-0.15, -0.1) is 0 Å². The number of hydrogen-bond acceptors (Lipinski definition) is 1. The summed E-state index contributed by atoms with van der Waals surface area (Å²) in [7, 11) is 0. The molecule has 0 saturated carbocycles. The molecule has 0 saturated heterocycles. The fraction of sp³-hybridized carbons (Fsp3) is 0.700. The minimum absolute atomic E-state index is 0.176. The van der Waals surface area contributed by atoms with Crippen LogP contribution in [0.2, 0.25) is 15.8 Å². The zero-order valence-corrected chi connectivity index (χ0v) is 11.7. The molecule has 0 bridgehead atoms. The van der Waals surface area contributed by atoms with Gasteiger partial charge in [-0.05, 0) is 6.92 Å². The van der Waals surface area contributed by atoms with E-state index in [2.05, 4.69) is 27.4 Å². The molecule has 0 heterocycles. The van der Waals surface area contributed by atoms with E-state index in [1.807, 2.05) is 0 Å². The number of hydrogen-bond donors (Lipinski definition) is 1. The normalized spacial score (nSPS) is 9.00. The van der Waals surface area contributed by atoms with Gasteiger partial charge in [0, 0.05) is 5.57 Å². The van der Waals surface area contributed by atoms with E-state index in [-0.39, 0.29) is 5.57 Å². The molecule has 2 nitrogen and oxygen atoms in total. The maximum atomic E-state index is 9.60. The third-order valence-corrected chi connectivity index (χ3v) is 9.37. The molecule has 78 valence electrons. The summed E-state index contributed by atoms with van der Waals surface area (Å²) in [6.07, 6.45) is 0. The summed E-state index contributed by atoms with van der Waals surface area (Å²) >= 11 is -0.576. The van der Waals surface area contributed by atoms with Crippen LogP contribution in [0.5, 0.6) is 0 Å². The zero-order chi connectivity index (χ0) is 10.9. The Hall–Kier alpha value is -0.247. The number of aliphatic carboxylic acids is 1. The number of rotatable bonds is 4. The predicted octanol–water partition coefficient (Wildman–Crippen LogP) is 2.92. The van der Waals surface area contributed by atoms with Gasteiger partial charge in [-0.1, -0.05) is 6.58 Å². The topological polar surface area (TPSA) is 37.3 Å². The summed E-state index contributed by atoms with van der Waals surface area (Å²) in [6.45, 7) is 11.6. The third kappa shape index (κ3) is 11.8. The number of carbonyl (C=O) groups is 1. The Labute approximate surface area is 86.1 Å². The molecule has 0 aromatic carbocycles. The first-order chi connectivity index (χ1) is 5.99. The van der Waals surface area contributed by atoms with Gasteiger partial charge in [-0.25, -0.2) is 4.79 Å². The van der Waals surface area contributed by atoms with Crippen molar-refractivity contribution in [2.75, 3.05) is 0 Å². The van der Waals surface area contributed by atoms with E-state index in [0.29, 0.717) is 0 Å². The maximum absolute atomic E-state index is 9.60. The molecule has 1 N–H and O–H groups in total. The minimum atomic E-state index is -0.935. The Balaban J connectivity index is 0. The molecule has 0 fully saturated rings. The van der Waals surface area contributed by atoms with Crippen LogP contribution in [0.3, 0.4) is 0 Å². The molecule has 0 radical (unpaired) electrons.